The van der Waals surface area contributed by atoms with Crippen LogP contribution in [0.3, 0.4) is 0 Å². The predicted molar refractivity (Wildman–Crippen MR) is 115 cm³/mol. The van der Waals surface area contributed by atoms with E-state index in [4.69, 9.17) is 0 Å². The van der Waals surface area contributed by atoms with Crippen LogP contribution in [0.4, 0.5) is 4.39 Å². The molecular weight excluding hydrogens is 395 g/mol. The van der Waals surface area contributed by atoms with E-state index in [0.29, 0.717) is 17.5 Å². The molecule has 0 spiro atoms. The van der Waals surface area contributed by atoms with E-state index < -0.39 is 0 Å². The molecule has 2 fully saturated rings. The first-order valence-electron chi connectivity index (χ1n) is 11.1. The Kier molecular flexibility index (Phi) is 5.63. The molecular formula is C23H27FN6O. The number of fused-ring (bicyclic) bond motifs is 1. The molecule has 8 heteroatoms. The quantitative estimate of drug-likeness (QED) is 0.647. The normalized spacial score (nSPS) is 19.2. The zero-order chi connectivity index (χ0) is 21.2. The average Bonchev–Trinajstić information content (AvgIpc) is 3.23. The maximum Gasteiger partial charge on any atom is 0.225 e. The van der Waals surface area contributed by atoms with E-state index in [2.05, 4.69) is 24.6 Å². The summed E-state index contributed by atoms with van der Waals surface area (Å²) in [5.74, 6) is 0.170. The van der Waals surface area contributed by atoms with Gasteiger partial charge in [-0.25, -0.2) is 9.37 Å². The number of aromatic nitrogens is 4. The number of benzene rings is 1. The zero-order valence-electron chi connectivity index (χ0n) is 17.5. The minimum Gasteiger partial charge on any atom is -0.342 e. The van der Waals surface area contributed by atoms with E-state index in [1.165, 1.54) is 12.1 Å². The molecule has 2 aliphatic heterocycles. The summed E-state index contributed by atoms with van der Waals surface area (Å²) < 4.78 is 15.6. The highest BCUT2D eigenvalue weighted by molar-refractivity contribution is 5.79. The van der Waals surface area contributed by atoms with Crippen molar-refractivity contribution in [2.45, 2.75) is 38.3 Å². The highest BCUT2D eigenvalue weighted by atomic mass is 19.1. The molecule has 5 rings (SSSR count). The number of carbonyl (C=O) groups excluding carboxylic acids is 1. The molecule has 0 aliphatic carbocycles. The van der Waals surface area contributed by atoms with E-state index in [0.717, 1.165) is 69.5 Å². The maximum atomic E-state index is 13.4. The first-order valence-corrected chi connectivity index (χ1v) is 11.1. The summed E-state index contributed by atoms with van der Waals surface area (Å²) in [6.45, 7) is 4.28. The van der Waals surface area contributed by atoms with Gasteiger partial charge in [-0.3, -0.25) is 9.69 Å². The SMILES string of the molecule is O=C(C1CCN(Cc2ccnnc2)CC1)N1CCC(n2cnc3cc(F)ccc32)CC1. The summed E-state index contributed by atoms with van der Waals surface area (Å²) in [7, 11) is 0. The fourth-order valence-electron chi connectivity index (χ4n) is 4.93. The Hall–Kier alpha value is -2.87. The van der Waals surface area contributed by atoms with E-state index in [1.54, 1.807) is 24.8 Å². The van der Waals surface area contributed by atoms with Crippen LogP contribution in [0.15, 0.2) is 43.0 Å². The predicted octanol–water partition coefficient (Wildman–Crippen LogP) is 3.04. The van der Waals surface area contributed by atoms with Gasteiger partial charge in [-0.2, -0.15) is 10.2 Å². The van der Waals surface area contributed by atoms with Crippen molar-refractivity contribution in [2.24, 2.45) is 5.92 Å². The highest BCUT2D eigenvalue weighted by Crippen LogP contribution is 2.29. The van der Waals surface area contributed by atoms with Crippen molar-refractivity contribution in [1.82, 2.24) is 29.5 Å². The number of amides is 1. The van der Waals surface area contributed by atoms with Gasteiger partial charge in [0.05, 0.1) is 23.6 Å². The van der Waals surface area contributed by atoms with Crippen LogP contribution in [-0.4, -0.2) is 61.6 Å². The van der Waals surface area contributed by atoms with Crippen LogP contribution in [0.5, 0.6) is 0 Å². The van der Waals surface area contributed by atoms with Gasteiger partial charge in [-0.15, -0.1) is 0 Å². The molecule has 1 aromatic carbocycles. The maximum absolute atomic E-state index is 13.4. The lowest BCUT2D eigenvalue weighted by molar-refractivity contribution is -0.138. The smallest absolute Gasteiger partial charge is 0.225 e. The molecule has 2 aliphatic rings. The summed E-state index contributed by atoms with van der Waals surface area (Å²) in [6.07, 6.45) is 8.97. The Morgan fingerprint density at radius 1 is 1.03 bits per heavy atom. The van der Waals surface area contributed by atoms with Crippen molar-refractivity contribution in [3.05, 3.63) is 54.4 Å². The molecule has 31 heavy (non-hydrogen) atoms. The Bertz CT molecular complexity index is 1040. The van der Waals surface area contributed by atoms with Crippen molar-refractivity contribution < 1.29 is 9.18 Å². The molecule has 0 unspecified atom stereocenters. The Morgan fingerprint density at radius 2 is 1.84 bits per heavy atom. The molecule has 2 saturated heterocycles. The molecule has 0 radical (unpaired) electrons. The lowest BCUT2D eigenvalue weighted by Gasteiger charge is -2.37. The van der Waals surface area contributed by atoms with E-state index in [9.17, 15) is 9.18 Å². The zero-order valence-corrected chi connectivity index (χ0v) is 17.5. The van der Waals surface area contributed by atoms with Crippen molar-refractivity contribution in [3.63, 3.8) is 0 Å². The van der Waals surface area contributed by atoms with Crippen LogP contribution in [0, 0.1) is 11.7 Å². The van der Waals surface area contributed by atoms with Gasteiger partial charge in [-0.1, -0.05) is 0 Å². The molecule has 162 valence electrons. The second-order valence-corrected chi connectivity index (χ2v) is 8.64. The van der Waals surface area contributed by atoms with E-state index in [1.807, 2.05) is 11.0 Å². The number of imidazole rings is 1. The molecule has 2 aromatic heterocycles. The van der Waals surface area contributed by atoms with Crippen LogP contribution in [0.25, 0.3) is 11.0 Å². The minimum atomic E-state index is -0.262. The van der Waals surface area contributed by atoms with Gasteiger partial charge < -0.3 is 9.47 Å². The summed E-state index contributed by atoms with van der Waals surface area (Å²) in [5, 5.41) is 7.77. The fourth-order valence-corrected chi connectivity index (χ4v) is 4.93. The number of carbonyl (C=O) groups is 1. The van der Waals surface area contributed by atoms with Gasteiger partial charge in [0.2, 0.25) is 5.91 Å². The van der Waals surface area contributed by atoms with Crippen LogP contribution in [0.2, 0.25) is 0 Å². The Balaban J connectivity index is 1.13. The number of hydrogen-bond donors (Lipinski definition) is 0. The van der Waals surface area contributed by atoms with Crippen LogP contribution >= 0.6 is 0 Å². The second-order valence-electron chi connectivity index (χ2n) is 8.64. The third-order valence-electron chi connectivity index (χ3n) is 6.69. The third kappa shape index (κ3) is 4.30. The number of rotatable bonds is 4. The highest BCUT2D eigenvalue weighted by Gasteiger charge is 2.31. The number of nitrogens with zero attached hydrogens (tertiary/aromatic N) is 6. The molecule has 0 bridgehead atoms. The van der Waals surface area contributed by atoms with Crippen molar-refractivity contribution in [3.8, 4) is 0 Å². The first kappa shape index (κ1) is 20.1. The van der Waals surface area contributed by atoms with Crippen molar-refractivity contribution >= 4 is 16.9 Å². The standard InChI is InChI=1S/C23H27FN6O/c24-19-1-2-22-21(13-19)25-16-30(22)20-6-11-29(12-7-20)23(31)18-4-9-28(10-5-18)15-17-3-8-26-27-14-17/h1-3,8,13-14,16,18,20H,4-7,9-12,15H2. The fraction of sp³-hybridized carbons (Fsp3) is 0.478. The summed E-state index contributed by atoms with van der Waals surface area (Å²) in [5.41, 5.74) is 2.81. The first-order chi connectivity index (χ1) is 15.2. The lowest BCUT2D eigenvalue weighted by atomic mass is 9.93. The van der Waals surface area contributed by atoms with Gasteiger partial charge >= 0.3 is 0 Å². The van der Waals surface area contributed by atoms with Crippen LogP contribution < -0.4 is 0 Å². The Morgan fingerprint density at radius 3 is 2.58 bits per heavy atom. The Labute approximate surface area is 180 Å². The molecule has 0 saturated carbocycles. The summed E-state index contributed by atoms with van der Waals surface area (Å²) in [4.78, 5) is 21.9. The number of piperidine rings is 2. The molecule has 7 nitrogen and oxygen atoms in total. The number of likely N-dealkylation sites (tertiary alicyclic amines) is 2. The second kappa shape index (κ2) is 8.70. The summed E-state index contributed by atoms with van der Waals surface area (Å²) >= 11 is 0. The molecule has 0 N–H and O–H groups in total. The largest absolute Gasteiger partial charge is 0.342 e. The summed E-state index contributed by atoms with van der Waals surface area (Å²) in [6, 6.07) is 7.05. The third-order valence-corrected chi connectivity index (χ3v) is 6.69. The van der Waals surface area contributed by atoms with Gasteiger partial charge in [0, 0.05) is 43.9 Å². The van der Waals surface area contributed by atoms with Crippen molar-refractivity contribution in [2.75, 3.05) is 26.2 Å². The van der Waals surface area contributed by atoms with Gasteiger partial charge in [0.1, 0.15) is 5.82 Å². The topological polar surface area (TPSA) is 67.2 Å². The van der Waals surface area contributed by atoms with Gasteiger partial charge in [0.15, 0.2) is 0 Å². The molecule has 1 amide bonds. The molecule has 4 heterocycles. The average molecular weight is 423 g/mol. The van der Waals surface area contributed by atoms with Crippen LogP contribution in [0.1, 0.15) is 37.3 Å². The lowest BCUT2D eigenvalue weighted by Crippen LogP contribution is -2.45. The van der Waals surface area contributed by atoms with Crippen LogP contribution in [-0.2, 0) is 11.3 Å². The molecule has 3 aromatic rings. The monoisotopic (exact) mass is 422 g/mol. The van der Waals surface area contributed by atoms with E-state index in [-0.39, 0.29) is 11.7 Å². The van der Waals surface area contributed by atoms with E-state index >= 15 is 0 Å². The van der Waals surface area contributed by atoms with Gasteiger partial charge in [-0.05, 0) is 62.5 Å². The number of halogens is 1. The van der Waals surface area contributed by atoms with Gasteiger partial charge in [0.25, 0.3) is 0 Å². The van der Waals surface area contributed by atoms with Crippen molar-refractivity contribution in [1.29, 1.82) is 0 Å². The molecule has 0 atom stereocenters. The minimum absolute atomic E-state index is 0.125. The number of hydrogen-bond acceptors (Lipinski definition) is 5.